The third-order valence-corrected chi connectivity index (χ3v) is 5.02. The maximum atomic E-state index is 14.3. The standard InChI is InChI=1S/C28H22F4O/c1-4-5-6-20-14-24(29)23(25(30)15-20)12-9-19-7-10-22(18(2)13-19)11-8-21-16-26(31)28(33-3)27(32)17-21/h7,10,13-17H,4-6H2,1-3H3. The molecule has 3 rings (SSSR count). The van der Waals surface area contributed by atoms with E-state index in [1.165, 1.54) is 19.2 Å². The van der Waals surface area contributed by atoms with Gasteiger partial charge in [-0.05, 0) is 73.4 Å². The lowest BCUT2D eigenvalue weighted by Crippen LogP contribution is -1.95. The van der Waals surface area contributed by atoms with E-state index in [9.17, 15) is 17.6 Å². The largest absolute Gasteiger partial charge is 0.491 e. The second-order valence-corrected chi connectivity index (χ2v) is 7.54. The minimum Gasteiger partial charge on any atom is -0.491 e. The summed E-state index contributed by atoms with van der Waals surface area (Å²) in [6.07, 6.45) is 2.43. The lowest BCUT2D eigenvalue weighted by atomic mass is 10.0. The highest BCUT2D eigenvalue weighted by Crippen LogP contribution is 2.22. The summed E-state index contributed by atoms with van der Waals surface area (Å²) >= 11 is 0. The fourth-order valence-corrected chi connectivity index (χ4v) is 3.25. The van der Waals surface area contributed by atoms with E-state index in [0.29, 0.717) is 23.1 Å². The molecule has 0 spiro atoms. The molecule has 0 atom stereocenters. The maximum Gasteiger partial charge on any atom is 0.190 e. The van der Waals surface area contributed by atoms with Gasteiger partial charge in [-0.3, -0.25) is 0 Å². The zero-order valence-electron chi connectivity index (χ0n) is 18.6. The topological polar surface area (TPSA) is 9.23 Å². The van der Waals surface area contributed by atoms with E-state index in [1.54, 1.807) is 25.1 Å². The normalized spacial score (nSPS) is 10.2. The molecule has 33 heavy (non-hydrogen) atoms. The summed E-state index contributed by atoms with van der Waals surface area (Å²) in [5, 5.41) is 0. The molecular weight excluding hydrogens is 428 g/mol. The van der Waals surface area contributed by atoms with Gasteiger partial charge >= 0.3 is 0 Å². The van der Waals surface area contributed by atoms with Crippen LogP contribution in [0.5, 0.6) is 5.75 Å². The molecule has 168 valence electrons. The zero-order chi connectivity index (χ0) is 24.0. The van der Waals surface area contributed by atoms with E-state index in [2.05, 4.69) is 28.4 Å². The van der Waals surface area contributed by atoms with E-state index in [4.69, 9.17) is 0 Å². The molecule has 0 heterocycles. The molecule has 0 aliphatic heterocycles. The molecular formula is C28H22F4O. The van der Waals surface area contributed by atoms with Crippen LogP contribution in [-0.4, -0.2) is 7.11 Å². The van der Waals surface area contributed by atoms with Crippen LogP contribution in [0.4, 0.5) is 17.6 Å². The van der Waals surface area contributed by atoms with E-state index in [-0.39, 0.29) is 11.1 Å². The molecule has 0 fully saturated rings. The molecule has 1 nitrogen and oxygen atoms in total. The second kappa shape index (κ2) is 10.7. The number of unbranched alkanes of at least 4 members (excludes halogenated alkanes) is 1. The minimum absolute atomic E-state index is 0.169. The first-order chi connectivity index (χ1) is 15.8. The molecule has 0 amide bonds. The average molecular weight is 450 g/mol. The molecule has 0 bridgehead atoms. The maximum absolute atomic E-state index is 14.3. The highest BCUT2D eigenvalue weighted by atomic mass is 19.1. The first-order valence-electron chi connectivity index (χ1n) is 10.5. The van der Waals surface area contributed by atoms with Crippen molar-refractivity contribution in [3.05, 3.63) is 99.1 Å². The second-order valence-electron chi connectivity index (χ2n) is 7.54. The fraction of sp³-hybridized carbons (Fsp3) is 0.214. The number of hydrogen-bond acceptors (Lipinski definition) is 1. The number of ether oxygens (including phenoxy) is 1. The Labute approximate surface area is 191 Å². The Bertz CT molecular complexity index is 1260. The summed E-state index contributed by atoms with van der Waals surface area (Å²) < 4.78 is 61.0. The molecule has 3 aromatic rings. The number of hydrogen-bond donors (Lipinski definition) is 0. The number of aryl methyl sites for hydroxylation is 2. The summed E-state index contributed by atoms with van der Waals surface area (Å²) in [6, 6.07) is 9.96. The Balaban J connectivity index is 1.83. The number of benzene rings is 3. The van der Waals surface area contributed by atoms with Crippen LogP contribution >= 0.6 is 0 Å². The monoisotopic (exact) mass is 450 g/mol. The SMILES string of the molecule is CCCCc1cc(F)c(C#Cc2ccc(C#Cc3cc(F)c(OC)c(F)c3)c(C)c2)c(F)c1. The van der Waals surface area contributed by atoms with Gasteiger partial charge in [-0.1, -0.05) is 37.0 Å². The molecule has 0 aromatic heterocycles. The quantitative estimate of drug-likeness (QED) is 0.317. The Morgan fingerprint density at radius 1 is 0.758 bits per heavy atom. The highest BCUT2D eigenvalue weighted by Gasteiger charge is 2.11. The predicted molar refractivity (Wildman–Crippen MR) is 121 cm³/mol. The molecule has 3 aromatic carbocycles. The van der Waals surface area contributed by atoms with Gasteiger partial charge < -0.3 is 4.74 Å². The van der Waals surface area contributed by atoms with Crippen molar-refractivity contribution in [3.8, 4) is 29.4 Å². The smallest absolute Gasteiger partial charge is 0.190 e. The van der Waals surface area contributed by atoms with Crippen molar-refractivity contribution in [2.75, 3.05) is 7.11 Å². The van der Waals surface area contributed by atoms with Crippen LogP contribution in [0, 0.1) is 53.9 Å². The summed E-state index contributed by atoms with van der Waals surface area (Å²) in [4.78, 5) is 0. The van der Waals surface area contributed by atoms with Crippen LogP contribution in [-0.2, 0) is 6.42 Å². The van der Waals surface area contributed by atoms with Crippen molar-refractivity contribution in [2.24, 2.45) is 0 Å². The molecule has 0 unspecified atom stereocenters. The van der Waals surface area contributed by atoms with Gasteiger partial charge in [0, 0.05) is 16.7 Å². The van der Waals surface area contributed by atoms with Gasteiger partial charge in [0.1, 0.15) is 11.6 Å². The fourth-order valence-electron chi connectivity index (χ4n) is 3.25. The Morgan fingerprint density at radius 2 is 1.39 bits per heavy atom. The van der Waals surface area contributed by atoms with Crippen LogP contribution in [0.25, 0.3) is 0 Å². The Morgan fingerprint density at radius 3 is 1.97 bits per heavy atom. The Hall–Kier alpha value is -3.70. The molecule has 0 saturated heterocycles. The van der Waals surface area contributed by atoms with Crippen molar-refractivity contribution >= 4 is 0 Å². The average Bonchev–Trinajstić information content (AvgIpc) is 2.76. The Kier molecular flexibility index (Phi) is 7.80. The molecule has 0 radical (unpaired) electrons. The van der Waals surface area contributed by atoms with Crippen LogP contribution in [0.3, 0.4) is 0 Å². The zero-order valence-corrected chi connectivity index (χ0v) is 18.6. The summed E-state index contributed by atoms with van der Waals surface area (Å²) in [7, 11) is 1.19. The third-order valence-electron chi connectivity index (χ3n) is 5.02. The first-order valence-corrected chi connectivity index (χ1v) is 10.5. The van der Waals surface area contributed by atoms with Crippen molar-refractivity contribution < 1.29 is 22.3 Å². The summed E-state index contributed by atoms with van der Waals surface area (Å²) in [5.74, 6) is 7.49. The van der Waals surface area contributed by atoms with Crippen molar-refractivity contribution in [1.29, 1.82) is 0 Å². The van der Waals surface area contributed by atoms with Gasteiger partial charge in [0.2, 0.25) is 0 Å². The first kappa shape index (κ1) is 24.0. The lowest BCUT2D eigenvalue weighted by molar-refractivity contribution is 0.359. The van der Waals surface area contributed by atoms with Crippen LogP contribution in [0.1, 0.15) is 53.1 Å². The predicted octanol–water partition coefficient (Wildman–Crippen LogP) is 6.70. The van der Waals surface area contributed by atoms with E-state index >= 15 is 0 Å². The number of halogens is 4. The summed E-state index contributed by atoms with van der Waals surface area (Å²) in [5.41, 5.74) is 2.48. The van der Waals surface area contributed by atoms with Crippen molar-refractivity contribution in [2.45, 2.75) is 33.1 Å². The highest BCUT2D eigenvalue weighted by molar-refractivity contribution is 5.52. The van der Waals surface area contributed by atoms with E-state index in [1.807, 2.05) is 6.92 Å². The minimum atomic E-state index is -0.831. The van der Waals surface area contributed by atoms with Gasteiger partial charge in [-0.25, -0.2) is 17.6 Å². The molecule has 0 N–H and O–H groups in total. The van der Waals surface area contributed by atoms with Gasteiger partial charge in [0.15, 0.2) is 17.4 Å². The van der Waals surface area contributed by atoms with Crippen LogP contribution < -0.4 is 4.74 Å². The van der Waals surface area contributed by atoms with E-state index in [0.717, 1.165) is 30.5 Å². The van der Waals surface area contributed by atoms with E-state index < -0.39 is 29.0 Å². The molecule has 0 aliphatic carbocycles. The van der Waals surface area contributed by atoms with Gasteiger partial charge in [0.25, 0.3) is 0 Å². The lowest BCUT2D eigenvalue weighted by Gasteiger charge is -2.04. The molecule has 5 heteroatoms. The van der Waals surface area contributed by atoms with Crippen LogP contribution in [0.15, 0.2) is 42.5 Å². The van der Waals surface area contributed by atoms with Crippen molar-refractivity contribution in [3.63, 3.8) is 0 Å². The number of methoxy groups -OCH3 is 1. The van der Waals surface area contributed by atoms with Gasteiger partial charge in [0.05, 0.1) is 12.7 Å². The third kappa shape index (κ3) is 5.96. The molecule has 0 aliphatic rings. The van der Waals surface area contributed by atoms with Gasteiger partial charge in [-0.2, -0.15) is 0 Å². The number of rotatable bonds is 4. The summed E-state index contributed by atoms with van der Waals surface area (Å²) in [6.45, 7) is 3.82. The van der Waals surface area contributed by atoms with Gasteiger partial charge in [-0.15, -0.1) is 0 Å². The molecule has 0 saturated carbocycles. The van der Waals surface area contributed by atoms with Crippen molar-refractivity contribution in [1.82, 2.24) is 0 Å². The van der Waals surface area contributed by atoms with Crippen LogP contribution in [0.2, 0.25) is 0 Å².